The predicted molar refractivity (Wildman–Crippen MR) is 63.7 cm³/mol. The van der Waals surface area contributed by atoms with Gasteiger partial charge in [-0.3, -0.25) is 9.59 Å². The van der Waals surface area contributed by atoms with E-state index in [9.17, 15) is 19.5 Å². The van der Waals surface area contributed by atoms with Crippen molar-refractivity contribution in [2.75, 3.05) is 19.6 Å². The minimum Gasteiger partial charge on any atom is -0.481 e. The molecule has 18 heavy (non-hydrogen) atoms. The number of urea groups is 1. The molecule has 0 aromatic rings. The standard InChI is InChI=1S/C11H19N3O4/c1-7(2)11(9(16)17)3-4-14(6-11)10(18)13-5-8(12)15/h7H,3-6H2,1-2H3,(H2,12,15)(H,13,18)(H,16,17). The molecule has 0 aromatic carbocycles. The Balaban J connectivity index is 2.67. The number of hydrogen-bond donors (Lipinski definition) is 3. The minimum absolute atomic E-state index is 0.0658. The van der Waals surface area contributed by atoms with E-state index >= 15 is 0 Å². The Hall–Kier alpha value is -1.79. The average Bonchev–Trinajstić information content (AvgIpc) is 2.71. The van der Waals surface area contributed by atoms with E-state index in [-0.39, 0.29) is 19.0 Å². The Morgan fingerprint density at radius 2 is 2.06 bits per heavy atom. The third-order valence-corrected chi connectivity index (χ3v) is 3.53. The van der Waals surface area contributed by atoms with E-state index in [1.54, 1.807) is 0 Å². The van der Waals surface area contributed by atoms with Gasteiger partial charge in [0.15, 0.2) is 0 Å². The number of carbonyl (C=O) groups excluding carboxylic acids is 2. The molecule has 7 nitrogen and oxygen atoms in total. The first kappa shape index (κ1) is 14.3. The lowest BCUT2D eigenvalue weighted by Gasteiger charge is -2.28. The summed E-state index contributed by atoms with van der Waals surface area (Å²) in [6, 6.07) is -0.447. The van der Waals surface area contributed by atoms with Crippen molar-refractivity contribution in [1.82, 2.24) is 10.2 Å². The van der Waals surface area contributed by atoms with Gasteiger partial charge >= 0.3 is 12.0 Å². The maximum atomic E-state index is 11.7. The molecule has 0 aliphatic carbocycles. The molecule has 1 saturated heterocycles. The molecule has 1 rings (SSSR count). The van der Waals surface area contributed by atoms with Crippen molar-refractivity contribution in [3.05, 3.63) is 0 Å². The normalized spacial score (nSPS) is 23.2. The summed E-state index contributed by atoms with van der Waals surface area (Å²) in [5, 5.41) is 11.7. The summed E-state index contributed by atoms with van der Waals surface area (Å²) >= 11 is 0. The number of amides is 3. The molecule has 3 amide bonds. The molecule has 1 heterocycles. The van der Waals surface area contributed by atoms with E-state index in [2.05, 4.69) is 5.32 Å². The number of likely N-dealkylation sites (tertiary alicyclic amines) is 1. The van der Waals surface area contributed by atoms with Crippen LogP contribution in [0.15, 0.2) is 0 Å². The van der Waals surface area contributed by atoms with Gasteiger partial charge in [0.1, 0.15) is 0 Å². The van der Waals surface area contributed by atoms with Gasteiger partial charge in [-0.05, 0) is 12.3 Å². The van der Waals surface area contributed by atoms with Crippen molar-refractivity contribution >= 4 is 17.9 Å². The number of rotatable bonds is 4. The minimum atomic E-state index is -0.899. The fourth-order valence-corrected chi connectivity index (χ4v) is 2.17. The van der Waals surface area contributed by atoms with Crippen LogP contribution in [0.4, 0.5) is 4.79 Å². The SMILES string of the molecule is CC(C)C1(C(=O)O)CCN(C(=O)NCC(N)=O)C1. The largest absolute Gasteiger partial charge is 0.481 e. The molecule has 4 N–H and O–H groups in total. The van der Waals surface area contributed by atoms with Crippen molar-refractivity contribution in [2.24, 2.45) is 17.1 Å². The number of nitrogens with one attached hydrogen (secondary N) is 1. The third-order valence-electron chi connectivity index (χ3n) is 3.53. The number of hydrogen-bond acceptors (Lipinski definition) is 3. The molecule has 0 aromatic heterocycles. The molecule has 0 bridgehead atoms. The molecular formula is C11H19N3O4. The van der Waals surface area contributed by atoms with Gasteiger partial charge in [-0.15, -0.1) is 0 Å². The summed E-state index contributed by atoms with van der Waals surface area (Å²) in [4.78, 5) is 35.0. The monoisotopic (exact) mass is 257 g/mol. The summed E-state index contributed by atoms with van der Waals surface area (Å²) in [5.41, 5.74) is 4.02. The zero-order valence-corrected chi connectivity index (χ0v) is 10.6. The van der Waals surface area contributed by atoms with Crippen LogP contribution in [0.3, 0.4) is 0 Å². The summed E-state index contributed by atoms with van der Waals surface area (Å²) in [7, 11) is 0. The highest BCUT2D eigenvalue weighted by Crippen LogP contribution is 2.38. The number of nitrogens with zero attached hydrogens (tertiary/aromatic N) is 1. The second-order valence-electron chi connectivity index (χ2n) is 4.91. The highest BCUT2D eigenvalue weighted by molar-refractivity contribution is 5.84. The number of carboxylic acids is 1. The van der Waals surface area contributed by atoms with Gasteiger partial charge in [0, 0.05) is 13.1 Å². The van der Waals surface area contributed by atoms with Crippen LogP contribution in [-0.2, 0) is 9.59 Å². The van der Waals surface area contributed by atoms with Crippen LogP contribution in [0.5, 0.6) is 0 Å². The maximum Gasteiger partial charge on any atom is 0.317 e. The third kappa shape index (κ3) is 2.72. The van der Waals surface area contributed by atoms with Crippen LogP contribution in [-0.4, -0.2) is 47.5 Å². The zero-order chi connectivity index (χ0) is 13.9. The lowest BCUT2D eigenvalue weighted by Crippen LogP contribution is -2.45. The molecule has 1 fully saturated rings. The van der Waals surface area contributed by atoms with E-state index in [0.29, 0.717) is 13.0 Å². The predicted octanol–water partition coefficient (Wildman–Crippen LogP) is -0.386. The molecule has 0 saturated carbocycles. The van der Waals surface area contributed by atoms with Crippen molar-refractivity contribution in [1.29, 1.82) is 0 Å². The van der Waals surface area contributed by atoms with E-state index in [4.69, 9.17) is 5.73 Å². The number of primary amides is 1. The number of aliphatic carboxylic acids is 1. The van der Waals surface area contributed by atoms with Gasteiger partial charge in [0.2, 0.25) is 5.91 Å². The van der Waals surface area contributed by atoms with Gasteiger partial charge in [-0.1, -0.05) is 13.8 Å². The van der Waals surface area contributed by atoms with Crippen molar-refractivity contribution < 1.29 is 19.5 Å². The Morgan fingerprint density at radius 3 is 2.44 bits per heavy atom. The molecule has 1 aliphatic heterocycles. The summed E-state index contributed by atoms with van der Waals surface area (Å²) < 4.78 is 0. The van der Waals surface area contributed by atoms with Crippen molar-refractivity contribution in [2.45, 2.75) is 20.3 Å². The smallest absolute Gasteiger partial charge is 0.317 e. The van der Waals surface area contributed by atoms with E-state index < -0.39 is 23.3 Å². The second kappa shape index (κ2) is 5.24. The van der Waals surface area contributed by atoms with Crippen LogP contribution >= 0.6 is 0 Å². The van der Waals surface area contributed by atoms with Crippen LogP contribution in [0.2, 0.25) is 0 Å². The van der Waals surface area contributed by atoms with E-state index in [0.717, 1.165) is 0 Å². The van der Waals surface area contributed by atoms with Crippen molar-refractivity contribution in [3.63, 3.8) is 0 Å². The lowest BCUT2D eigenvalue weighted by atomic mass is 9.76. The van der Waals surface area contributed by atoms with Crippen LogP contribution in [0.25, 0.3) is 0 Å². The second-order valence-corrected chi connectivity index (χ2v) is 4.91. The Morgan fingerprint density at radius 1 is 1.44 bits per heavy atom. The van der Waals surface area contributed by atoms with Crippen LogP contribution in [0.1, 0.15) is 20.3 Å². The highest BCUT2D eigenvalue weighted by Gasteiger charge is 2.48. The zero-order valence-electron chi connectivity index (χ0n) is 10.6. The van der Waals surface area contributed by atoms with Gasteiger partial charge in [-0.2, -0.15) is 0 Å². The number of nitrogens with two attached hydrogens (primary N) is 1. The summed E-state index contributed by atoms with van der Waals surface area (Å²) in [5.74, 6) is -1.58. The Kier molecular flexibility index (Phi) is 4.15. The van der Waals surface area contributed by atoms with E-state index in [1.165, 1.54) is 4.90 Å². The maximum absolute atomic E-state index is 11.7. The summed E-state index contributed by atoms with van der Waals surface area (Å²) in [6.45, 7) is 3.95. The van der Waals surface area contributed by atoms with Gasteiger partial charge in [-0.25, -0.2) is 4.79 Å². The first-order valence-corrected chi connectivity index (χ1v) is 5.84. The molecule has 1 unspecified atom stereocenters. The fraction of sp³-hybridized carbons (Fsp3) is 0.727. The molecule has 102 valence electrons. The molecular weight excluding hydrogens is 238 g/mol. The average molecular weight is 257 g/mol. The first-order chi connectivity index (χ1) is 8.29. The quantitative estimate of drug-likeness (QED) is 0.636. The molecule has 1 aliphatic rings. The molecule has 0 spiro atoms. The first-order valence-electron chi connectivity index (χ1n) is 5.84. The lowest BCUT2D eigenvalue weighted by molar-refractivity contribution is -0.150. The highest BCUT2D eigenvalue weighted by atomic mass is 16.4. The molecule has 1 atom stereocenters. The Labute approximate surface area is 105 Å². The van der Waals surface area contributed by atoms with Gasteiger partial charge in [0.25, 0.3) is 0 Å². The number of carbonyl (C=O) groups is 3. The topological polar surface area (TPSA) is 113 Å². The van der Waals surface area contributed by atoms with Gasteiger partial charge in [0.05, 0.1) is 12.0 Å². The van der Waals surface area contributed by atoms with Crippen LogP contribution < -0.4 is 11.1 Å². The van der Waals surface area contributed by atoms with Gasteiger partial charge < -0.3 is 21.1 Å². The Bertz CT molecular complexity index is 369. The van der Waals surface area contributed by atoms with Crippen molar-refractivity contribution in [3.8, 4) is 0 Å². The van der Waals surface area contributed by atoms with Crippen LogP contribution in [0, 0.1) is 11.3 Å². The summed E-state index contributed by atoms with van der Waals surface area (Å²) in [6.07, 6.45) is 0.421. The fourth-order valence-electron chi connectivity index (χ4n) is 2.17. The molecule has 7 heteroatoms. The van der Waals surface area contributed by atoms with E-state index in [1.807, 2.05) is 13.8 Å². The molecule has 0 radical (unpaired) electrons. The number of carboxylic acid groups (broad SMARTS) is 1.